The highest BCUT2D eigenvalue weighted by Gasteiger charge is 2.17. The fourth-order valence-electron chi connectivity index (χ4n) is 2.40. The number of nitrogens with zero attached hydrogens (tertiary/aromatic N) is 1. The average Bonchev–Trinajstić information content (AvgIpc) is 2.45. The van der Waals surface area contributed by atoms with Crippen LogP contribution in [0.25, 0.3) is 0 Å². The summed E-state index contributed by atoms with van der Waals surface area (Å²) in [6, 6.07) is 10.7. The molecule has 0 spiro atoms. The number of hydrogen-bond acceptors (Lipinski definition) is 3. The standard InChI is InChI=1S/C15H24N2S/c16-12-14-6-8-17(9-7-14)10-11-18-13-15-4-2-1-3-5-15/h1-5,14H,6-13,16H2. The summed E-state index contributed by atoms with van der Waals surface area (Å²) in [7, 11) is 0. The van der Waals surface area contributed by atoms with E-state index in [0.717, 1.165) is 18.2 Å². The van der Waals surface area contributed by atoms with Crippen molar-refractivity contribution in [2.75, 3.05) is 31.9 Å². The molecule has 0 saturated carbocycles. The van der Waals surface area contributed by atoms with Crippen molar-refractivity contribution in [3.05, 3.63) is 35.9 Å². The molecule has 2 N–H and O–H groups in total. The fraction of sp³-hybridized carbons (Fsp3) is 0.600. The average molecular weight is 264 g/mol. The van der Waals surface area contributed by atoms with Gasteiger partial charge in [0.2, 0.25) is 0 Å². The second-order valence-electron chi connectivity index (χ2n) is 5.06. The Kier molecular flexibility index (Phi) is 6.05. The Balaban J connectivity index is 1.56. The van der Waals surface area contributed by atoms with Crippen LogP contribution in [-0.2, 0) is 5.75 Å². The summed E-state index contributed by atoms with van der Waals surface area (Å²) in [6.07, 6.45) is 2.58. The van der Waals surface area contributed by atoms with Crippen molar-refractivity contribution < 1.29 is 0 Å². The number of piperidine rings is 1. The second-order valence-corrected chi connectivity index (χ2v) is 6.16. The number of likely N-dealkylation sites (tertiary alicyclic amines) is 1. The van der Waals surface area contributed by atoms with E-state index in [1.807, 2.05) is 11.8 Å². The lowest BCUT2D eigenvalue weighted by Crippen LogP contribution is -2.37. The Bertz CT molecular complexity index is 321. The Labute approximate surface area is 115 Å². The Morgan fingerprint density at radius 1 is 1.17 bits per heavy atom. The third-order valence-electron chi connectivity index (χ3n) is 3.70. The molecule has 0 unspecified atom stereocenters. The van der Waals surface area contributed by atoms with Crippen LogP contribution >= 0.6 is 11.8 Å². The number of thioether (sulfide) groups is 1. The third kappa shape index (κ3) is 4.63. The van der Waals surface area contributed by atoms with E-state index in [2.05, 4.69) is 35.2 Å². The van der Waals surface area contributed by atoms with Gasteiger partial charge in [0, 0.05) is 18.1 Å². The normalized spacial score (nSPS) is 18.1. The zero-order chi connectivity index (χ0) is 12.6. The van der Waals surface area contributed by atoms with Crippen molar-refractivity contribution in [2.45, 2.75) is 18.6 Å². The predicted molar refractivity (Wildman–Crippen MR) is 80.8 cm³/mol. The number of hydrogen-bond donors (Lipinski definition) is 1. The van der Waals surface area contributed by atoms with Crippen LogP contribution in [0.1, 0.15) is 18.4 Å². The SMILES string of the molecule is NCC1CCN(CCSCc2ccccc2)CC1. The van der Waals surface area contributed by atoms with Gasteiger partial charge in [-0.25, -0.2) is 0 Å². The van der Waals surface area contributed by atoms with Gasteiger partial charge in [-0.1, -0.05) is 30.3 Å². The topological polar surface area (TPSA) is 29.3 Å². The highest BCUT2D eigenvalue weighted by Crippen LogP contribution is 2.17. The molecule has 1 aromatic rings. The molecule has 2 nitrogen and oxygen atoms in total. The molecule has 0 bridgehead atoms. The zero-order valence-corrected chi connectivity index (χ0v) is 11.9. The van der Waals surface area contributed by atoms with Crippen LogP contribution in [0.2, 0.25) is 0 Å². The molecule has 0 radical (unpaired) electrons. The molecule has 1 saturated heterocycles. The van der Waals surface area contributed by atoms with Gasteiger partial charge in [-0.2, -0.15) is 11.8 Å². The van der Waals surface area contributed by atoms with Crippen molar-refractivity contribution in [1.82, 2.24) is 4.90 Å². The molecule has 0 aromatic heterocycles. The van der Waals surface area contributed by atoms with E-state index >= 15 is 0 Å². The molecule has 1 aromatic carbocycles. The number of rotatable bonds is 6. The summed E-state index contributed by atoms with van der Waals surface area (Å²) in [5.74, 6) is 3.15. The minimum atomic E-state index is 0.776. The summed E-state index contributed by atoms with van der Waals surface area (Å²) < 4.78 is 0. The summed E-state index contributed by atoms with van der Waals surface area (Å²) >= 11 is 2.04. The largest absolute Gasteiger partial charge is 0.330 e. The minimum absolute atomic E-state index is 0.776. The maximum Gasteiger partial charge on any atom is 0.0185 e. The summed E-state index contributed by atoms with van der Waals surface area (Å²) in [5, 5.41) is 0. The summed E-state index contributed by atoms with van der Waals surface area (Å²) in [6.45, 7) is 4.59. The van der Waals surface area contributed by atoms with Crippen LogP contribution in [0.5, 0.6) is 0 Å². The molecule has 0 amide bonds. The van der Waals surface area contributed by atoms with E-state index in [-0.39, 0.29) is 0 Å². The lowest BCUT2D eigenvalue weighted by molar-refractivity contribution is 0.197. The van der Waals surface area contributed by atoms with Gasteiger partial charge in [-0.3, -0.25) is 0 Å². The molecule has 1 aliphatic rings. The van der Waals surface area contributed by atoms with Gasteiger partial charge in [0.05, 0.1) is 0 Å². The summed E-state index contributed by atoms with van der Waals surface area (Å²) in [4.78, 5) is 2.59. The van der Waals surface area contributed by atoms with E-state index in [1.165, 1.54) is 43.8 Å². The van der Waals surface area contributed by atoms with Crippen LogP contribution in [0.3, 0.4) is 0 Å². The molecule has 1 aliphatic heterocycles. The molecule has 3 heteroatoms. The van der Waals surface area contributed by atoms with E-state index in [4.69, 9.17) is 5.73 Å². The predicted octanol–water partition coefficient (Wildman–Crippen LogP) is 2.59. The molecule has 2 rings (SSSR count). The van der Waals surface area contributed by atoms with E-state index in [9.17, 15) is 0 Å². The van der Waals surface area contributed by atoms with Gasteiger partial charge in [0.15, 0.2) is 0 Å². The molecular weight excluding hydrogens is 240 g/mol. The highest BCUT2D eigenvalue weighted by molar-refractivity contribution is 7.98. The van der Waals surface area contributed by atoms with E-state index < -0.39 is 0 Å². The van der Waals surface area contributed by atoms with Crippen molar-refractivity contribution in [1.29, 1.82) is 0 Å². The molecule has 1 fully saturated rings. The first-order valence-electron chi connectivity index (χ1n) is 6.92. The summed E-state index contributed by atoms with van der Waals surface area (Å²) in [5.41, 5.74) is 7.15. The van der Waals surface area contributed by atoms with E-state index in [0.29, 0.717) is 0 Å². The molecular formula is C15H24N2S. The highest BCUT2D eigenvalue weighted by atomic mass is 32.2. The van der Waals surface area contributed by atoms with Crippen molar-refractivity contribution in [3.63, 3.8) is 0 Å². The quantitative estimate of drug-likeness (QED) is 0.801. The van der Waals surface area contributed by atoms with Gasteiger partial charge in [0.25, 0.3) is 0 Å². The Morgan fingerprint density at radius 3 is 2.56 bits per heavy atom. The van der Waals surface area contributed by atoms with Crippen LogP contribution in [0.15, 0.2) is 30.3 Å². The van der Waals surface area contributed by atoms with Crippen molar-refractivity contribution in [2.24, 2.45) is 11.7 Å². The van der Waals surface area contributed by atoms with Gasteiger partial charge in [-0.15, -0.1) is 0 Å². The maximum absolute atomic E-state index is 5.71. The second kappa shape index (κ2) is 7.82. The van der Waals surface area contributed by atoms with Crippen LogP contribution in [0.4, 0.5) is 0 Å². The molecule has 1 heterocycles. The van der Waals surface area contributed by atoms with Crippen LogP contribution < -0.4 is 5.73 Å². The van der Waals surface area contributed by atoms with Gasteiger partial charge in [-0.05, 0) is 44.0 Å². The van der Waals surface area contributed by atoms with Crippen LogP contribution in [-0.4, -0.2) is 36.8 Å². The van der Waals surface area contributed by atoms with Gasteiger partial charge in [0.1, 0.15) is 0 Å². The first-order valence-corrected chi connectivity index (χ1v) is 8.08. The van der Waals surface area contributed by atoms with Crippen molar-refractivity contribution >= 4 is 11.8 Å². The first kappa shape index (κ1) is 13.9. The Morgan fingerprint density at radius 2 is 1.89 bits per heavy atom. The fourth-order valence-corrected chi connectivity index (χ4v) is 3.36. The monoisotopic (exact) mass is 264 g/mol. The lowest BCUT2D eigenvalue weighted by Gasteiger charge is -2.31. The van der Waals surface area contributed by atoms with E-state index in [1.54, 1.807) is 0 Å². The molecule has 100 valence electrons. The number of benzene rings is 1. The number of nitrogens with two attached hydrogens (primary N) is 1. The molecule has 0 aliphatic carbocycles. The van der Waals surface area contributed by atoms with Crippen LogP contribution in [0, 0.1) is 5.92 Å². The van der Waals surface area contributed by atoms with Gasteiger partial charge >= 0.3 is 0 Å². The van der Waals surface area contributed by atoms with Crippen molar-refractivity contribution in [3.8, 4) is 0 Å². The maximum atomic E-state index is 5.71. The smallest absolute Gasteiger partial charge is 0.0185 e. The first-order chi connectivity index (χ1) is 8.88. The Hall–Kier alpha value is -0.510. The zero-order valence-electron chi connectivity index (χ0n) is 11.1. The third-order valence-corrected chi connectivity index (χ3v) is 4.71. The molecule has 0 atom stereocenters. The van der Waals surface area contributed by atoms with Gasteiger partial charge < -0.3 is 10.6 Å². The minimum Gasteiger partial charge on any atom is -0.330 e. The molecule has 18 heavy (non-hydrogen) atoms. The lowest BCUT2D eigenvalue weighted by atomic mass is 9.97.